The number of aromatic nitrogens is 1. The standard InChI is InChI=1S/C15H15ClN2O3S/c1-11(19)18-10-15(12-3-2-8-17-9-12)22(20,21)14-6-4-13(16)5-7-14/h2-9,15H,10H2,1H3,(H,18,19)/t15-/m0/s1. The molecule has 0 radical (unpaired) electrons. The Morgan fingerprint density at radius 3 is 2.50 bits per heavy atom. The monoisotopic (exact) mass is 338 g/mol. The first-order valence-electron chi connectivity index (χ1n) is 6.55. The normalized spacial score (nSPS) is 12.6. The predicted molar refractivity (Wildman–Crippen MR) is 84.3 cm³/mol. The van der Waals surface area contributed by atoms with Crippen LogP contribution in [0.2, 0.25) is 5.02 Å². The Bertz CT molecular complexity index is 746. The van der Waals surface area contributed by atoms with Crippen molar-refractivity contribution in [1.82, 2.24) is 10.3 Å². The Hall–Kier alpha value is -1.92. The summed E-state index contributed by atoms with van der Waals surface area (Å²) in [6.07, 6.45) is 3.05. The molecular weight excluding hydrogens is 324 g/mol. The Labute approximate surface area is 134 Å². The number of hydrogen-bond acceptors (Lipinski definition) is 4. The van der Waals surface area contributed by atoms with Crippen LogP contribution in [-0.2, 0) is 14.6 Å². The molecule has 1 aromatic heterocycles. The first kappa shape index (κ1) is 16.5. The summed E-state index contributed by atoms with van der Waals surface area (Å²) in [7, 11) is -3.68. The summed E-state index contributed by atoms with van der Waals surface area (Å²) in [5, 5.41) is 2.11. The van der Waals surface area contributed by atoms with E-state index in [9.17, 15) is 13.2 Å². The second kappa shape index (κ2) is 6.89. The number of carbonyl (C=O) groups excluding carboxylic acids is 1. The van der Waals surface area contributed by atoms with Gasteiger partial charge in [0.05, 0.1) is 4.90 Å². The number of sulfone groups is 1. The van der Waals surface area contributed by atoms with E-state index >= 15 is 0 Å². The summed E-state index contributed by atoms with van der Waals surface area (Å²) in [5.74, 6) is -0.291. The van der Waals surface area contributed by atoms with E-state index in [1.807, 2.05) is 0 Å². The van der Waals surface area contributed by atoms with Crippen molar-refractivity contribution in [2.75, 3.05) is 6.54 Å². The Balaban J connectivity index is 2.43. The van der Waals surface area contributed by atoms with Gasteiger partial charge in [0.1, 0.15) is 5.25 Å². The molecule has 7 heteroatoms. The maximum absolute atomic E-state index is 12.8. The van der Waals surface area contributed by atoms with Crippen LogP contribution in [0.3, 0.4) is 0 Å². The lowest BCUT2D eigenvalue weighted by atomic mass is 10.2. The third-order valence-electron chi connectivity index (χ3n) is 3.11. The lowest BCUT2D eigenvalue weighted by Crippen LogP contribution is -2.30. The van der Waals surface area contributed by atoms with Crippen molar-refractivity contribution in [1.29, 1.82) is 0 Å². The van der Waals surface area contributed by atoms with Crippen LogP contribution in [0, 0.1) is 0 Å². The second-order valence-corrected chi connectivity index (χ2v) is 7.28. The molecule has 22 heavy (non-hydrogen) atoms. The number of carbonyl (C=O) groups is 1. The minimum atomic E-state index is -3.68. The molecule has 1 aromatic carbocycles. The largest absolute Gasteiger partial charge is 0.355 e. The molecule has 0 saturated carbocycles. The lowest BCUT2D eigenvalue weighted by molar-refractivity contribution is -0.118. The van der Waals surface area contributed by atoms with Gasteiger partial charge < -0.3 is 5.32 Å². The number of rotatable bonds is 5. The highest BCUT2D eigenvalue weighted by Gasteiger charge is 2.29. The molecule has 0 unspecified atom stereocenters. The zero-order valence-corrected chi connectivity index (χ0v) is 13.4. The molecule has 0 fully saturated rings. The van der Waals surface area contributed by atoms with Crippen LogP contribution in [0.25, 0.3) is 0 Å². The van der Waals surface area contributed by atoms with Gasteiger partial charge in [-0.05, 0) is 35.9 Å². The first-order valence-corrected chi connectivity index (χ1v) is 8.47. The van der Waals surface area contributed by atoms with Gasteiger partial charge in [-0.3, -0.25) is 9.78 Å². The number of amides is 1. The van der Waals surface area contributed by atoms with Crippen LogP contribution in [0.4, 0.5) is 0 Å². The summed E-state index contributed by atoms with van der Waals surface area (Å²) < 4.78 is 25.7. The van der Waals surface area contributed by atoms with Gasteiger partial charge in [-0.15, -0.1) is 0 Å². The molecule has 5 nitrogen and oxygen atoms in total. The maximum atomic E-state index is 12.8. The van der Waals surface area contributed by atoms with Gasteiger partial charge in [0.2, 0.25) is 5.91 Å². The summed E-state index contributed by atoms with van der Waals surface area (Å²) in [5.41, 5.74) is 0.520. The van der Waals surface area contributed by atoms with Crippen molar-refractivity contribution in [3.63, 3.8) is 0 Å². The van der Waals surface area contributed by atoms with E-state index in [1.165, 1.54) is 37.4 Å². The average Bonchev–Trinajstić information content (AvgIpc) is 2.48. The minimum absolute atomic E-state index is 0.0218. The number of pyridine rings is 1. The van der Waals surface area contributed by atoms with Crippen LogP contribution >= 0.6 is 11.6 Å². The summed E-state index contributed by atoms with van der Waals surface area (Å²) in [6, 6.07) is 9.28. The summed E-state index contributed by atoms with van der Waals surface area (Å²) >= 11 is 5.80. The molecule has 1 amide bonds. The topological polar surface area (TPSA) is 76.1 Å². The highest BCUT2D eigenvalue weighted by molar-refractivity contribution is 7.91. The van der Waals surface area contributed by atoms with E-state index in [0.717, 1.165) is 0 Å². The van der Waals surface area contributed by atoms with Gasteiger partial charge in [-0.25, -0.2) is 8.42 Å². The highest BCUT2D eigenvalue weighted by Crippen LogP contribution is 2.28. The number of halogens is 1. The predicted octanol–water partition coefficient (Wildman–Crippen LogP) is 2.39. The smallest absolute Gasteiger partial charge is 0.216 e. The van der Waals surface area contributed by atoms with Crippen LogP contribution in [0.15, 0.2) is 53.7 Å². The fourth-order valence-electron chi connectivity index (χ4n) is 2.00. The number of nitrogens with one attached hydrogen (secondary N) is 1. The van der Waals surface area contributed by atoms with E-state index in [-0.39, 0.29) is 17.3 Å². The SMILES string of the molecule is CC(=O)NC[C@@H](c1cccnc1)S(=O)(=O)c1ccc(Cl)cc1. The summed E-state index contributed by atoms with van der Waals surface area (Å²) in [6.45, 7) is 1.32. The van der Waals surface area contributed by atoms with Crippen molar-refractivity contribution >= 4 is 27.3 Å². The Morgan fingerprint density at radius 1 is 1.27 bits per heavy atom. The second-order valence-electron chi connectivity index (χ2n) is 4.71. The molecule has 1 heterocycles. The van der Waals surface area contributed by atoms with E-state index in [2.05, 4.69) is 10.3 Å². The quantitative estimate of drug-likeness (QED) is 0.908. The molecule has 0 aliphatic heterocycles. The number of hydrogen-bond donors (Lipinski definition) is 1. The fraction of sp³-hybridized carbons (Fsp3) is 0.200. The molecule has 0 aliphatic rings. The van der Waals surface area contributed by atoms with E-state index in [4.69, 9.17) is 11.6 Å². The van der Waals surface area contributed by atoms with Crippen molar-refractivity contribution in [2.24, 2.45) is 0 Å². The number of nitrogens with zero attached hydrogens (tertiary/aromatic N) is 1. The van der Waals surface area contributed by atoms with Crippen LogP contribution in [0.5, 0.6) is 0 Å². The third kappa shape index (κ3) is 3.84. The van der Waals surface area contributed by atoms with Crippen molar-refractivity contribution in [3.05, 3.63) is 59.4 Å². The molecule has 1 N–H and O–H groups in total. The van der Waals surface area contributed by atoms with Crippen molar-refractivity contribution < 1.29 is 13.2 Å². The first-order chi connectivity index (χ1) is 10.4. The molecular formula is C15H15ClN2O3S. The van der Waals surface area contributed by atoms with E-state index in [1.54, 1.807) is 18.3 Å². The molecule has 0 bridgehead atoms. The molecule has 0 saturated heterocycles. The molecule has 2 aromatic rings. The molecule has 116 valence electrons. The summed E-state index contributed by atoms with van der Waals surface area (Å²) in [4.78, 5) is 15.3. The Morgan fingerprint density at radius 2 is 1.95 bits per heavy atom. The van der Waals surface area contributed by atoms with Crippen LogP contribution in [0.1, 0.15) is 17.7 Å². The highest BCUT2D eigenvalue weighted by atomic mass is 35.5. The molecule has 2 rings (SSSR count). The van der Waals surface area contributed by atoms with Gasteiger partial charge in [0, 0.05) is 30.9 Å². The molecule has 1 atom stereocenters. The minimum Gasteiger partial charge on any atom is -0.355 e. The van der Waals surface area contributed by atoms with Gasteiger partial charge in [-0.1, -0.05) is 17.7 Å². The maximum Gasteiger partial charge on any atom is 0.216 e. The molecule has 0 aliphatic carbocycles. The van der Waals surface area contributed by atoms with Gasteiger partial charge in [0.25, 0.3) is 0 Å². The zero-order valence-electron chi connectivity index (χ0n) is 11.9. The van der Waals surface area contributed by atoms with Gasteiger partial charge in [0.15, 0.2) is 9.84 Å². The number of benzene rings is 1. The van der Waals surface area contributed by atoms with E-state index in [0.29, 0.717) is 10.6 Å². The van der Waals surface area contributed by atoms with Crippen LogP contribution < -0.4 is 5.32 Å². The fourth-order valence-corrected chi connectivity index (χ4v) is 3.77. The van der Waals surface area contributed by atoms with Crippen LogP contribution in [-0.4, -0.2) is 25.9 Å². The lowest BCUT2D eigenvalue weighted by Gasteiger charge is -2.18. The van der Waals surface area contributed by atoms with Crippen molar-refractivity contribution in [3.8, 4) is 0 Å². The Kier molecular flexibility index (Phi) is 5.15. The average molecular weight is 339 g/mol. The third-order valence-corrected chi connectivity index (χ3v) is 5.48. The van der Waals surface area contributed by atoms with Gasteiger partial charge in [-0.2, -0.15) is 0 Å². The molecule has 0 spiro atoms. The van der Waals surface area contributed by atoms with Gasteiger partial charge >= 0.3 is 0 Å². The zero-order chi connectivity index (χ0) is 16.2. The van der Waals surface area contributed by atoms with Crippen molar-refractivity contribution in [2.45, 2.75) is 17.1 Å². The van der Waals surface area contributed by atoms with E-state index < -0.39 is 15.1 Å².